The summed E-state index contributed by atoms with van der Waals surface area (Å²) in [6, 6.07) is 0. The first-order valence-corrected chi connectivity index (χ1v) is 43.8. The third-order valence-corrected chi connectivity index (χ3v) is 29.5. The van der Waals surface area contributed by atoms with E-state index in [1.807, 2.05) is 108 Å². The maximum atomic E-state index is 4.99. The lowest BCUT2D eigenvalue weighted by Gasteiger charge is -1.91. The van der Waals surface area contributed by atoms with Gasteiger partial charge in [-0.15, -0.1) is 215 Å². The molecule has 0 radical (unpaired) electrons. The molecule has 19 nitrogen and oxygen atoms in total. The minimum Gasteiger partial charge on any atom is -0.243 e. The molecule has 0 unspecified atom stereocenters. The molecule has 19 rings (SSSR count). The van der Waals surface area contributed by atoms with E-state index in [1.54, 1.807) is 222 Å². The van der Waals surface area contributed by atoms with Crippen LogP contribution in [0.15, 0.2) is 114 Å². The monoisotopic (exact) mass is 1580 g/mol. The highest BCUT2D eigenvalue weighted by atomic mass is 32.2. The zero-order valence-electron chi connectivity index (χ0n) is 46.4. The second-order valence-electron chi connectivity index (χ2n) is 19.4. The van der Waals surface area contributed by atoms with Gasteiger partial charge in [0.25, 0.3) is 0 Å². The molecule has 19 heterocycles. The number of nitrogens with zero attached hydrogens (tertiary/aromatic N) is 19. The highest BCUT2D eigenvalue weighted by Gasteiger charge is 2.24. The first-order chi connectivity index (χ1) is 46.9. The highest BCUT2D eigenvalue weighted by Crippen LogP contribution is 2.44. The lowest BCUT2D eigenvalue weighted by Crippen LogP contribution is -1.83. The summed E-state index contributed by atoms with van der Waals surface area (Å²) in [5.74, 6) is 0. The Hall–Kier alpha value is -7.03. The quantitative estimate of drug-likeness (QED) is 0.0775. The van der Waals surface area contributed by atoms with Crippen molar-refractivity contribution in [3.8, 4) is 193 Å². The van der Waals surface area contributed by atoms with Crippen LogP contribution >= 0.6 is 215 Å². The first kappa shape index (κ1) is 59.3. The van der Waals surface area contributed by atoms with E-state index >= 15 is 0 Å². The number of hydrogen-bond donors (Lipinski definition) is 0. The Labute approximate surface area is 609 Å². The molecule has 0 aromatic carbocycles. The van der Waals surface area contributed by atoms with Gasteiger partial charge in [0.1, 0.15) is 193 Å². The lowest BCUT2D eigenvalue weighted by molar-refractivity contribution is 1.28. The van der Waals surface area contributed by atoms with Crippen molar-refractivity contribution in [2.75, 3.05) is 0 Å². The van der Waals surface area contributed by atoms with Crippen LogP contribution in [-0.2, 0) is 0 Å². The van der Waals surface area contributed by atoms with Crippen LogP contribution < -0.4 is 0 Å². The van der Waals surface area contributed by atoms with Gasteiger partial charge < -0.3 is 0 Å². The lowest BCUT2D eigenvalue weighted by atomic mass is 10.4. The molecule has 19 aromatic rings. The van der Waals surface area contributed by atoms with Crippen molar-refractivity contribution in [1.82, 2.24) is 94.7 Å². The number of hydrogen-bond acceptors (Lipinski definition) is 38. The molecular weight excluding hydrogens is 1560 g/mol. The molecule has 0 aliphatic rings. The van der Waals surface area contributed by atoms with E-state index < -0.39 is 0 Å². The molecule has 19 aromatic heterocycles. The van der Waals surface area contributed by atoms with Gasteiger partial charge in [-0.05, 0) is 0 Å². The summed E-state index contributed by atoms with van der Waals surface area (Å²) in [4.78, 5) is 92.6. The Morgan fingerprint density at radius 2 is 0.305 bits per heavy atom. The van der Waals surface area contributed by atoms with Crippen molar-refractivity contribution in [2.45, 2.75) is 0 Å². The normalized spacial score (nSPS) is 11.8. The second-order valence-corrected chi connectivity index (χ2v) is 35.6. The highest BCUT2D eigenvalue weighted by molar-refractivity contribution is 7.22. The van der Waals surface area contributed by atoms with Crippen LogP contribution in [0.1, 0.15) is 0 Å². The number of thiazole rings is 19. The van der Waals surface area contributed by atoms with Gasteiger partial charge in [0.15, 0.2) is 0 Å². The maximum absolute atomic E-state index is 4.99. The van der Waals surface area contributed by atoms with Gasteiger partial charge in [0.05, 0.1) is 5.51 Å². The summed E-state index contributed by atoms with van der Waals surface area (Å²) in [6.45, 7) is 0. The Kier molecular flexibility index (Phi) is 15.7. The summed E-state index contributed by atoms with van der Waals surface area (Å²) in [6.07, 6.45) is 1.79. The molecule has 0 amide bonds. The van der Waals surface area contributed by atoms with Gasteiger partial charge in [-0.3, -0.25) is 0 Å². The zero-order chi connectivity index (χ0) is 62.5. The Bertz CT molecular complexity index is 5550. The number of aromatic nitrogens is 19. The fourth-order valence-corrected chi connectivity index (χ4v) is 24.5. The van der Waals surface area contributed by atoms with E-state index in [1.165, 1.54) is 0 Å². The molecule has 95 heavy (non-hydrogen) atoms. The van der Waals surface area contributed by atoms with Crippen LogP contribution in [0.2, 0.25) is 0 Å². The summed E-state index contributed by atoms with van der Waals surface area (Å²) in [5, 5.41) is 53.4. The molecule has 0 spiro atoms. The third kappa shape index (κ3) is 11.7. The molecule has 0 aliphatic heterocycles. The van der Waals surface area contributed by atoms with Crippen LogP contribution in [0, 0.1) is 0 Å². The van der Waals surface area contributed by atoms with Crippen molar-refractivity contribution in [3.05, 3.63) is 114 Å². The molecule has 458 valence electrons. The molecule has 38 heteroatoms. The van der Waals surface area contributed by atoms with Crippen LogP contribution in [0.5, 0.6) is 0 Å². The van der Waals surface area contributed by atoms with Gasteiger partial charge in [-0.1, -0.05) is 0 Å². The predicted octanol–water partition coefficient (Wildman–Crippen LogP) is 21.4. The van der Waals surface area contributed by atoms with Crippen molar-refractivity contribution in [1.29, 1.82) is 0 Å². The molecular formula is C57H21N19S19. The maximum Gasteiger partial charge on any atom is 0.143 e. The molecule has 0 N–H and O–H groups in total. The fraction of sp³-hybridized carbons (Fsp3) is 0. The minimum atomic E-state index is 0.795. The van der Waals surface area contributed by atoms with Gasteiger partial charge in [0, 0.05) is 108 Å². The second kappa shape index (κ2) is 25.1. The average Bonchev–Trinajstić information content (AvgIpc) is 1.69. The van der Waals surface area contributed by atoms with Crippen LogP contribution in [0.4, 0.5) is 0 Å². The minimum absolute atomic E-state index is 0.795. The third-order valence-electron chi connectivity index (χ3n) is 13.4. The Morgan fingerprint density at radius 1 is 0.147 bits per heavy atom. The van der Waals surface area contributed by atoms with E-state index in [4.69, 9.17) is 84.7 Å². The zero-order valence-corrected chi connectivity index (χ0v) is 61.9. The fourth-order valence-electron chi connectivity index (χ4n) is 8.99. The molecule has 0 fully saturated rings. The average molecular weight is 1580 g/mol. The van der Waals surface area contributed by atoms with Crippen molar-refractivity contribution in [2.24, 2.45) is 0 Å². The summed E-state index contributed by atoms with van der Waals surface area (Å²) in [5.41, 5.74) is 16.5. The van der Waals surface area contributed by atoms with Crippen molar-refractivity contribution < 1.29 is 0 Å². The smallest absolute Gasteiger partial charge is 0.143 e. The summed E-state index contributed by atoms with van der Waals surface area (Å²) < 4.78 is 0. The van der Waals surface area contributed by atoms with Crippen LogP contribution in [0.25, 0.3) is 193 Å². The van der Waals surface area contributed by atoms with E-state index in [9.17, 15) is 0 Å². The van der Waals surface area contributed by atoms with Gasteiger partial charge >= 0.3 is 0 Å². The Morgan fingerprint density at radius 3 is 0.442 bits per heavy atom. The first-order valence-electron chi connectivity index (χ1n) is 27.0. The molecule has 0 bridgehead atoms. The van der Waals surface area contributed by atoms with Gasteiger partial charge in [-0.2, -0.15) is 0 Å². The molecule has 0 saturated carbocycles. The van der Waals surface area contributed by atoms with E-state index in [0.29, 0.717) is 0 Å². The SMILES string of the molecule is c1csc(-c2csc(-c3csc(-c4csc(-c5csc(-c6csc(-c7csc(-c8csc(-c9csc(-c%10csc(-c%11csc(-c%12csc(-c%13csc(-c%14csc(-c%15csc(-c%16csc(-c%17csc(-c%18csc(-c%19cscn%19)n%18)n%17)n%16)n%15)n%14)n%13)n%12)n%11)n%10)n9)n8)n7)n6)n5)n4)n3)n2)n1. The predicted molar refractivity (Wildman–Crippen MR) is 402 cm³/mol. The van der Waals surface area contributed by atoms with Gasteiger partial charge in [-0.25, -0.2) is 94.7 Å². The standard InChI is InChI=1S/C57H21N19S19/c1-2-78-40(58-1)23-4-80-42(60-23)25-6-82-44(62-25)27-8-84-46(64-27)29-10-86-48(66-29)31-12-88-50(68-31)33-14-90-52(70-33)35-16-92-54(72-35)37-18-94-56(74-37)39-20-95-57(76-39)38-19-93-55(75-38)36-17-91-53(73-36)34-15-89-51(71-34)32-13-87-49(69-32)30-11-85-47(67-30)28-9-83-45(65-28)26-7-81-43(63-26)24-5-79-41(61-24)22-3-77-21-59-22/h1-21H. The summed E-state index contributed by atoms with van der Waals surface area (Å²) >= 11 is 29.5. The molecule has 0 aliphatic carbocycles. The largest absolute Gasteiger partial charge is 0.243 e. The van der Waals surface area contributed by atoms with Crippen molar-refractivity contribution >= 4 is 215 Å². The van der Waals surface area contributed by atoms with Crippen LogP contribution in [0.3, 0.4) is 0 Å². The summed E-state index contributed by atoms with van der Waals surface area (Å²) in [7, 11) is 0. The van der Waals surface area contributed by atoms with Crippen molar-refractivity contribution in [3.63, 3.8) is 0 Å². The number of rotatable bonds is 18. The molecule has 0 saturated heterocycles. The topological polar surface area (TPSA) is 245 Å². The van der Waals surface area contributed by atoms with Gasteiger partial charge in [0.2, 0.25) is 0 Å². The van der Waals surface area contributed by atoms with E-state index in [0.717, 1.165) is 193 Å². The Balaban J connectivity index is 0.470. The van der Waals surface area contributed by atoms with E-state index in [-0.39, 0.29) is 0 Å². The van der Waals surface area contributed by atoms with E-state index in [2.05, 4.69) is 9.97 Å². The van der Waals surface area contributed by atoms with Crippen LogP contribution in [-0.4, -0.2) is 94.7 Å². The molecule has 0 atom stereocenters.